The second-order valence-corrected chi connectivity index (χ2v) is 6.21. The maximum absolute atomic E-state index is 4.60. The Balaban J connectivity index is 1.53. The van der Waals surface area contributed by atoms with Crippen molar-refractivity contribution in [3.63, 3.8) is 0 Å². The molecule has 1 aromatic carbocycles. The highest BCUT2D eigenvalue weighted by Crippen LogP contribution is 2.08. The minimum Gasteiger partial charge on any atom is -0.357 e. The zero-order chi connectivity index (χ0) is 19.1. The van der Waals surface area contributed by atoms with Gasteiger partial charge in [-0.15, -0.1) is 10.2 Å². The highest BCUT2D eigenvalue weighted by molar-refractivity contribution is 5.79. The van der Waals surface area contributed by atoms with Crippen LogP contribution in [0, 0.1) is 6.92 Å². The molecule has 2 heterocycles. The van der Waals surface area contributed by atoms with Crippen molar-refractivity contribution in [2.45, 2.75) is 26.8 Å². The van der Waals surface area contributed by atoms with Gasteiger partial charge in [0, 0.05) is 32.5 Å². The summed E-state index contributed by atoms with van der Waals surface area (Å²) < 4.78 is 3.81. The molecule has 3 rings (SSSR count). The van der Waals surface area contributed by atoms with E-state index in [9.17, 15) is 0 Å². The molecular weight excluding hydrogens is 340 g/mol. The smallest absolute Gasteiger partial charge is 0.191 e. The lowest BCUT2D eigenvalue weighted by atomic mass is 10.1. The van der Waals surface area contributed by atoms with Gasteiger partial charge in [-0.25, -0.2) is 9.67 Å². The molecule has 2 N–H and O–H groups in total. The van der Waals surface area contributed by atoms with E-state index in [-0.39, 0.29) is 0 Å². The number of hydrogen-bond acceptors (Lipinski definition) is 4. The van der Waals surface area contributed by atoms with Gasteiger partial charge < -0.3 is 15.2 Å². The van der Waals surface area contributed by atoms with Crippen molar-refractivity contribution in [3.05, 3.63) is 59.9 Å². The Morgan fingerprint density at radius 2 is 1.96 bits per heavy atom. The fourth-order valence-electron chi connectivity index (χ4n) is 2.64. The van der Waals surface area contributed by atoms with Crippen LogP contribution in [0.1, 0.15) is 24.1 Å². The minimum absolute atomic E-state index is 0.491. The van der Waals surface area contributed by atoms with E-state index in [0.717, 1.165) is 42.8 Å². The van der Waals surface area contributed by atoms with Gasteiger partial charge in [0.25, 0.3) is 0 Å². The van der Waals surface area contributed by atoms with Crippen molar-refractivity contribution in [2.24, 2.45) is 12.0 Å². The number of guanidine groups is 1. The predicted octanol–water partition coefficient (Wildman–Crippen LogP) is 1.61. The largest absolute Gasteiger partial charge is 0.357 e. The molecule has 0 atom stereocenters. The summed E-state index contributed by atoms with van der Waals surface area (Å²) in [5.41, 5.74) is 2.32. The van der Waals surface area contributed by atoms with Gasteiger partial charge in [-0.2, -0.15) is 5.10 Å². The third-order valence-electron chi connectivity index (χ3n) is 4.32. The molecule has 3 aromatic rings. The highest BCUT2D eigenvalue weighted by Gasteiger charge is 2.05. The Hall–Kier alpha value is -3.16. The number of rotatable bonds is 7. The fourth-order valence-corrected chi connectivity index (χ4v) is 2.64. The van der Waals surface area contributed by atoms with E-state index in [1.54, 1.807) is 6.20 Å². The lowest BCUT2D eigenvalue weighted by Crippen LogP contribution is -2.38. The molecule has 0 fully saturated rings. The van der Waals surface area contributed by atoms with Crippen LogP contribution in [0.2, 0.25) is 0 Å². The number of aryl methyl sites for hydroxylation is 1. The Bertz CT molecular complexity index is 862. The highest BCUT2D eigenvalue weighted by atomic mass is 15.3. The summed E-state index contributed by atoms with van der Waals surface area (Å²) in [4.78, 5) is 4.60. The first-order valence-electron chi connectivity index (χ1n) is 9.13. The van der Waals surface area contributed by atoms with Gasteiger partial charge in [0.1, 0.15) is 12.4 Å². The monoisotopic (exact) mass is 366 g/mol. The molecule has 8 nitrogen and oxygen atoms in total. The van der Waals surface area contributed by atoms with Gasteiger partial charge in [0.15, 0.2) is 11.8 Å². The average molecular weight is 366 g/mol. The molecule has 0 bridgehead atoms. The quantitative estimate of drug-likeness (QED) is 0.490. The van der Waals surface area contributed by atoms with E-state index < -0.39 is 0 Å². The van der Waals surface area contributed by atoms with Gasteiger partial charge in [-0.3, -0.25) is 0 Å². The van der Waals surface area contributed by atoms with Crippen LogP contribution in [0.5, 0.6) is 0 Å². The second-order valence-electron chi connectivity index (χ2n) is 6.21. The molecule has 0 radical (unpaired) electrons. The van der Waals surface area contributed by atoms with Crippen LogP contribution >= 0.6 is 0 Å². The minimum atomic E-state index is 0.491. The van der Waals surface area contributed by atoms with E-state index in [1.165, 1.54) is 5.56 Å². The second kappa shape index (κ2) is 8.98. The molecule has 2 aromatic heterocycles. The summed E-state index contributed by atoms with van der Waals surface area (Å²) >= 11 is 0. The first kappa shape index (κ1) is 18.6. The van der Waals surface area contributed by atoms with E-state index >= 15 is 0 Å². The summed E-state index contributed by atoms with van der Waals surface area (Å²) in [5.74, 6) is 2.52. The maximum atomic E-state index is 4.60. The number of hydrogen-bond donors (Lipinski definition) is 2. The third kappa shape index (κ3) is 4.93. The number of nitrogens with zero attached hydrogens (tertiary/aromatic N) is 6. The summed E-state index contributed by atoms with van der Waals surface area (Å²) in [5, 5.41) is 19.1. The van der Waals surface area contributed by atoms with Crippen LogP contribution in [0.15, 0.2) is 47.7 Å². The van der Waals surface area contributed by atoms with Crippen LogP contribution in [0.25, 0.3) is 5.69 Å². The van der Waals surface area contributed by atoms with Crippen molar-refractivity contribution >= 4 is 5.96 Å². The Labute approximate surface area is 159 Å². The first-order valence-corrected chi connectivity index (χ1v) is 9.13. The number of benzene rings is 1. The Morgan fingerprint density at radius 1 is 1.15 bits per heavy atom. The molecule has 8 heteroatoms. The normalized spacial score (nSPS) is 11.6. The van der Waals surface area contributed by atoms with Crippen LogP contribution < -0.4 is 10.6 Å². The molecular formula is C19H26N8. The van der Waals surface area contributed by atoms with E-state index in [1.807, 2.05) is 35.5 Å². The lowest BCUT2D eigenvalue weighted by Gasteiger charge is -2.11. The number of aromatic nitrogens is 5. The standard InChI is InChI=1S/C19H26N8/c1-4-20-19(22-14-18-25-24-15(2)26(18)3)21-12-10-16-6-8-17(9-7-16)27-13-5-11-23-27/h5-9,11,13H,4,10,12,14H2,1-3H3,(H2,20,21,22). The summed E-state index contributed by atoms with van der Waals surface area (Å²) in [6.07, 6.45) is 4.63. The van der Waals surface area contributed by atoms with E-state index in [2.05, 4.69) is 62.1 Å². The van der Waals surface area contributed by atoms with Crippen LogP contribution in [-0.4, -0.2) is 43.6 Å². The van der Waals surface area contributed by atoms with E-state index in [0.29, 0.717) is 6.54 Å². The van der Waals surface area contributed by atoms with E-state index in [4.69, 9.17) is 0 Å². The average Bonchev–Trinajstić information content (AvgIpc) is 3.32. The molecule has 0 spiro atoms. The summed E-state index contributed by atoms with van der Waals surface area (Å²) in [6, 6.07) is 10.3. The zero-order valence-corrected chi connectivity index (χ0v) is 16.1. The SMILES string of the molecule is CCNC(=NCc1nnc(C)n1C)NCCc1ccc(-n2cccn2)cc1. The molecule has 0 aliphatic rings. The Kier molecular flexibility index (Phi) is 6.19. The first-order chi connectivity index (χ1) is 13.2. The predicted molar refractivity (Wildman–Crippen MR) is 106 cm³/mol. The topological polar surface area (TPSA) is 85.0 Å². The molecule has 0 saturated heterocycles. The third-order valence-corrected chi connectivity index (χ3v) is 4.32. The van der Waals surface area contributed by atoms with Gasteiger partial charge in [0.05, 0.1) is 5.69 Å². The Morgan fingerprint density at radius 3 is 2.59 bits per heavy atom. The van der Waals surface area contributed by atoms with Crippen LogP contribution in [0.4, 0.5) is 0 Å². The molecule has 0 aliphatic carbocycles. The van der Waals surface area contributed by atoms with Gasteiger partial charge in [-0.1, -0.05) is 12.1 Å². The fraction of sp³-hybridized carbons (Fsp3) is 0.368. The van der Waals surface area contributed by atoms with Crippen molar-refractivity contribution in [2.75, 3.05) is 13.1 Å². The van der Waals surface area contributed by atoms with Crippen molar-refractivity contribution in [3.8, 4) is 5.69 Å². The number of nitrogens with one attached hydrogen (secondary N) is 2. The molecule has 142 valence electrons. The zero-order valence-electron chi connectivity index (χ0n) is 16.1. The van der Waals surface area contributed by atoms with Crippen molar-refractivity contribution in [1.82, 2.24) is 35.2 Å². The van der Waals surface area contributed by atoms with Crippen molar-refractivity contribution in [1.29, 1.82) is 0 Å². The number of aliphatic imine (C=N–C) groups is 1. The molecule has 0 saturated carbocycles. The molecule has 27 heavy (non-hydrogen) atoms. The molecule has 0 unspecified atom stereocenters. The molecule has 0 aliphatic heterocycles. The van der Waals surface area contributed by atoms with Gasteiger partial charge in [0.2, 0.25) is 0 Å². The van der Waals surface area contributed by atoms with Crippen molar-refractivity contribution < 1.29 is 0 Å². The van der Waals surface area contributed by atoms with Gasteiger partial charge >= 0.3 is 0 Å². The maximum Gasteiger partial charge on any atom is 0.191 e. The lowest BCUT2D eigenvalue weighted by molar-refractivity contribution is 0.753. The summed E-state index contributed by atoms with van der Waals surface area (Å²) in [6.45, 7) is 6.08. The summed E-state index contributed by atoms with van der Waals surface area (Å²) in [7, 11) is 1.95. The van der Waals surface area contributed by atoms with Crippen LogP contribution in [-0.2, 0) is 20.0 Å². The van der Waals surface area contributed by atoms with Gasteiger partial charge in [-0.05, 0) is 44.0 Å². The van der Waals surface area contributed by atoms with Crippen LogP contribution in [0.3, 0.4) is 0 Å². The molecule has 0 amide bonds.